The molecule has 1 aromatic carbocycles. The van der Waals surface area contributed by atoms with Crippen LogP contribution in [-0.4, -0.2) is 129 Å². The number of halogens is 3. The topological polar surface area (TPSA) is 311 Å². The number of nitriles is 2. The molecule has 3 aromatic rings. The number of sulfonamides is 2. The highest BCUT2D eigenvalue weighted by atomic mass is 32.2. The number of amides is 4. The molecule has 0 atom stereocenters. The SMILES string of the molecule is CCOC(=O)c1cc(C#N)c(N2CCC(C(=O)NS(=O)(=O)CC3CCCC3)CC2)nc1CN1CCCCC1=O.N#Cc1cc(C(=O)O)c(CN2CCCCC2=O)nc1N1CCC(C(=O)NS(=O)(=O)Cc2ccc(C(F)(F)F)cc2)CC1. The minimum absolute atomic E-state index is 0.00141. The van der Waals surface area contributed by atoms with Crippen LogP contribution < -0.4 is 19.2 Å². The fourth-order valence-corrected chi connectivity index (χ4v) is 13.4. The van der Waals surface area contributed by atoms with E-state index >= 15 is 0 Å². The molecule has 0 radical (unpaired) electrons. The maximum Gasteiger partial charge on any atom is 0.416 e. The molecule has 4 aliphatic heterocycles. The lowest BCUT2D eigenvalue weighted by molar-refractivity contribution is -0.137. The van der Waals surface area contributed by atoms with E-state index in [1.165, 1.54) is 17.0 Å². The smallest absolute Gasteiger partial charge is 0.416 e. The molecule has 0 bridgehead atoms. The number of likely N-dealkylation sites (tertiary alicyclic amines) is 2. The number of aromatic nitrogens is 2. The van der Waals surface area contributed by atoms with Crippen molar-refractivity contribution in [2.45, 2.75) is 122 Å². The van der Waals surface area contributed by atoms with E-state index in [0.29, 0.717) is 63.4 Å². The van der Waals surface area contributed by atoms with Gasteiger partial charge in [0.05, 0.1) is 70.4 Å². The van der Waals surface area contributed by atoms with Gasteiger partial charge in [-0.1, -0.05) is 25.0 Å². The second-order valence-electron chi connectivity index (χ2n) is 20.8. The van der Waals surface area contributed by atoms with E-state index in [-0.39, 0.29) is 108 Å². The van der Waals surface area contributed by atoms with E-state index < -0.39 is 73.1 Å². The number of aromatic carboxylic acids is 1. The third-order valence-electron chi connectivity index (χ3n) is 15.1. The zero-order chi connectivity index (χ0) is 58.6. The largest absolute Gasteiger partial charge is 0.478 e. The van der Waals surface area contributed by atoms with Gasteiger partial charge in [-0.05, 0) is 107 Å². The number of esters is 1. The van der Waals surface area contributed by atoms with E-state index in [0.717, 1.165) is 75.6 Å². The van der Waals surface area contributed by atoms with Gasteiger partial charge in [0.1, 0.15) is 23.8 Å². The Morgan fingerprint density at radius 2 is 1.14 bits per heavy atom. The minimum atomic E-state index is -4.56. The van der Waals surface area contributed by atoms with Crippen molar-refractivity contribution in [3.8, 4) is 12.1 Å². The first kappa shape index (κ1) is 61.2. The van der Waals surface area contributed by atoms with Crippen LogP contribution in [-0.2, 0) is 69.0 Å². The lowest BCUT2D eigenvalue weighted by atomic mass is 9.96. The van der Waals surface area contributed by atoms with Gasteiger partial charge in [0, 0.05) is 63.9 Å². The van der Waals surface area contributed by atoms with Crippen LogP contribution >= 0.6 is 0 Å². The molecule has 436 valence electrons. The number of piperidine rings is 4. The summed E-state index contributed by atoms with van der Waals surface area (Å²) in [5.74, 6) is -4.35. The fraction of sp³-hybridized carbons (Fsp3) is 0.556. The average Bonchev–Trinajstić information content (AvgIpc) is 3.96. The van der Waals surface area contributed by atoms with Crippen molar-refractivity contribution in [1.29, 1.82) is 10.5 Å². The average molecular weight is 1170 g/mol. The fourth-order valence-electron chi connectivity index (χ4n) is 10.7. The van der Waals surface area contributed by atoms with Crippen LogP contribution in [0.25, 0.3) is 0 Å². The Morgan fingerprint density at radius 3 is 1.57 bits per heavy atom. The van der Waals surface area contributed by atoms with Gasteiger partial charge >= 0.3 is 18.1 Å². The number of hydrogen-bond acceptors (Lipinski definition) is 17. The van der Waals surface area contributed by atoms with Gasteiger partial charge in [0.15, 0.2) is 0 Å². The number of nitrogens with zero attached hydrogens (tertiary/aromatic N) is 8. The van der Waals surface area contributed by atoms with Crippen molar-refractivity contribution in [3.05, 3.63) is 81.2 Å². The molecule has 2 aromatic heterocycles. The number of benzene rings is 1. The van der Waals surface area contributed by atoms with Gasteiger partial charge in [0.25, 0.3) is 0 Å². The molecule has 4 amide bonds. The van der Waals surface area contributed by atoms with Gasteiger partial charge in [-0.25, -0.2) is 36.4 Å². The molecule has 6 heterocycles. The Hall–Kier alpha value is -7.39. The molecule has 8 rings (SSSR count). The highest BCUT2D eigenvalue weighted by Gasteiger charge is 2.35. The first-order chi connectivity index (χ1) is 38.5. The number of ether oxygens (including phenoxy) is 1. The Bertz CT molecular complexity index is 3170. The number of hydrogen-bond donors (Lipinski definition) is 3. The van der Waals surface area contributed by atoms with E-state index in [9.17, 15) is 74.4 Å². The molecule has 81 heavy (non-hydrogen) atoms. The van der Waals surface area contributed by atoms with Crippen LogP contribution in [0.3, 0.4) is 0 Å². The summed E-state index contributed by atoms with van der Waals surface area (Å²) >= 11 is 0. The van der Waals surface area contributed by atoms with Crippen molar-refractivity contribution in [3.63, 3.8) is 0 Å². The molecule has 22 nitrogen and oxygen atoms in total. The molecular formula is C54H65F3N10O12S2. The second-order valence-corrected chi connectivity index (χ2v) is 24.3. The summed E-state index contributed by atoms with van der Waals surface area (Å²) in [5, 5.41) is 29.3. The van der Waals surface area contributed by atoms with Crippen molar-refractivity contribution < 1.29 is 68.6 Å². The third-order valence-corrected chi connectivity index (χ3v) is 17.7. The molecular weight excluding hydrogens is 1100 g/mol. The lowest BCUT2D eigenvalue weighted by Gasteiger charge is -2.33. The second kappa shape index (κ2) is 26.9. The zero-order valence-corrected chi connectivity index (χ0v) is 46.5. The molecule has 0 spiro atoms. The Kier molecular flexibility index (Phi) is 20.4. The monoisotopic (exact) mass is 1170 g/mol. The van der Waals surface area contributed by atoms with Gasteiger partial charge in [-0.2, -0.15) is 23.7 Å². The summed E-state index contributed by atoms with van der Waals surface area (Å²) in [6, 6.07) is 10.4. The molecule has 5 fully saturated rings. The first-order valence-corrected chi connectivity index (χ1v) is 30.4. The van der Waals surface area contributed by atoms with Crippen molar-refractivity contribution in [1.82, 2.24) is 29.2 Å². The van der Waals surface area contributed by atoms with Crippen LogP contribution in [0.15, 0.2) is 36.4 Å². The molecule has 3 N–H and O–H groups in total. The van der Waals surface area contributed by atoms with Crippen LogP contribution in [0, 0.1) is 40.4 Å². The lowest BCUT2D eigenvalue weighted by Crippen LogP contribution is -2.44. The predicted molar refractivity (Wildman–Crippen MR) is 285 cm³/mol. The standard InChI is InChI=1S/C27H28F3N5O6S.C27H37N5O6S/c28-27(29,30)20-6-4-17(5-7-20)16-42(40,41)33-25(37)18-8-11-34(12-9-18)24-19(14-31)13-21(26(38)39)22(32-24)15-35-10-2-1-3-23(35)36;1-2-38-27(35)22-15-21(16-28)25(29-23(22)17-32-12-6-5-9-24(32)33)31-13-10-20(11-14-31)26(34)30-39(36,37)18-19-7-3-4-8-19/h4-7,13,18H,1-3,8-12,15-16H2,(H,33,37)(H,38,39);15,19-20H,2-14,17-18H2,1H3,(H,30,34). The summed E-state index contributed by atoms with van der Waals surface area (Å²) in [4.78, 5) is 90.9. The van der Waals surface area contributed by atoms with Gasteiger partial charge in [0.2, 0.25) is 43.7 Å². The van der Waals surface area contributed by atoms with E-state index in [4.69, 9.17) is 9.72 Å². The highest BCUT2D eigenvalue weighted by molar-refractivity contribution is 7.90. The van der Waals surface area contributed by atoms with E-state index in [1.54, 1.807) is 16.7 Å². The molecule has 1 saturated carbocycles. The number of pyridine rings is 2. The van der Waals surface area contributed by atoms with Crippen molar-refractivity contribution in [2.75, 3.05) is 61.4 Å². The summed E-state index contributed by atoms with van der Waals surface area (Å²) in [6.07, 6.45) is 4.52. The van der Waals surface area contributed by atoms with Crippen LogP contribution in [0.1, 0.15) is 151 Å². The first-order valence-electron chi connectivity index (χ1n) is 27.1. The number of carbonyl (C=O) groups excluding carboxylic acids is 5. The highest BCUT2D eigenvalue weighted by Crippen LogP contribution is 2.33. The number of carboxylic acids is 1. The van der Waals surface area contributed by atoms with Crippen molar-refractivity contribution >= 4 is 67.2 Å². The maximum atomic E-state index is 12.8. The summed E-state index contributed by atoms with van der Waals surface area (Å²) in [5.41, 5.74) is -0.120. The van der Waals surface area contributed by atoms with E-state index in [2.05, 4.69) is 15.8 Å². The number of alkyl halides is 3. The van der Waals surface area contributed by atoms with Gasteiger partial charge in [-0.3, -0.25) is 28.6 Å². The van der Waals surface area contributed by atoms with Crippen molar-refractivity contribution in [2.24, 2.45) is 17.8 Å². The molecule has 1 aliphatic carbocycles. The number of anilines is 2. The number of rotatable bonds is 17. The summed E-state index contributed by atoms with van der Waals surface area (Å²) in [6.45, 7) is 4.24. The van der Waals surface area contributed by atoms with Gasteiger partial charge in [-0.15, -0.1) is 0 Å². The third kappa shape index (κ3) is 16.4. The van der Waals surface area contributed by atoms with Crippen LogP contribution in [0.5, 0.6) is 0 Å². The molecule has 5 aliphatic rings. The van der Waals surface area contributed by atoms with Crippen LogP contribution in [0.4, 0.5) is 24.8 Å². The zero-order valence-electron chi connectivity index (χ0n) is 44.8. The molecule has 0 unspecified atom stereocenters. The minimum Gasteiger partial charge on any atom is -0.478 e. The Labute approximate surface area is 468 Å². The number of carbonyl (C=O) groups is 6. The number of carboxylic acid groups (broad SMARTS) is 1. The molecule has 27 heteroatoms. The predicted octanol–water partition coefficient (Wildman–Crippen LogP) is 5.54. The Morgan fingerprint density at radius 1 is 0.679 bits per heavy atom. The normalized spacial score (nSPS) is 17.9. The van der Waals surface area contributed by atoms with Crippen LogP contribution in [0.2, 0.25) is 0 Å². The quantitative estimate of drug-likeness (QED) is 0.140. The molecule has 4 saturated heterocycles. The van der Waals surface area contributed by atoms with Gasteiger partial charge < -0.3 is 29.4 Å². The summed E-state index contributed by atoms with van der Waals surface area (Å²) in [7, 11) is -7.86. The Balaban J connectivity index is 0.000000234. The maximum absolute atomic E-state index is 12.8. The van der Waals surface area contributed by atoms with E-state index in [1.807, 2.05) is 15.7 Å². The number of nitrogens with one attached hydrogen (secondary N) is 2. The summed E-state index contributed by atoms with van der Waals surface area (Å²) < 4.78 is 97.8.